The van der Waals surface area contributed by atoms with E-state index < -0.39 is 0 Å². The quantitative estimate of drug-likeness (QED) is 0.791. The van der Waals surface area contributed by atoms with Crippen LogP contribution in [-0.4, -0.2) is 23.4 Å². The molecule has 2 aromatic rings. The van der Waals surface area contributed by atoms with Crippen LogP contribution in [0.15, 0.2) is 39.8 Å². The lowest BCUT2D eigenvalue weighted by Crippen LogP contribution is -2.35. The van der Waals surface area contributed by atoms with Crippen LogP contribution >= 0.6 is 11.8 Å². The van der Waals surface area contributed by atoms with Gasteiger partial charge >= 0.3 is 0 Å². The van der Waals surface area contributed by atoms with Crippen LogP contribution < -0.4 is 4.90 Å². The van der Waals surface area contributed by atoms with Crippen molar-refractivity contribution in [1.29, 1.82) is 0 Å². The van der Waals surface area contributed by atoms with Gasteiger partial charge in [0.05, 0.1) is 5.69 Å². The minimum absolute atomic E-state index is 0.0976. The van der Waals surface area contributed by atoms with Gasteiger partial charge in [-0.25, -0.2) is 0 Å². The maximum atomic E-state index is 12.4. The molecule has 0 saturated heterocycles. The summed E-state index contributed by atoms with van der Waals surface area (Å²) in [5, 5.41) is 3.79. The number of aromatic nitrogens is 1. The predicted molar refractivity (Wildman–Crippen MR) is 70.1 cm³/mol. The second kappa shape index (κ2) is 4.49. The largest absolute Gasteiger partial charge is 0.361 e. The highest BCUT2D eigenvalue weighted by Gasteiger charge is 2.25. The molecule has 0 fully saturated rings. The summed E-state index contributed by atoms with van der Waals surface area (Å²) in [6.45, 7) is 2.48. The van der Waals surface area contributed by atoms with Crippen molar-refractivity contribution in [3.05, 3.63) is 41.8 Å². The first-order valence-corrected chi connectivity index (χ1v) is 6.71. The van der Waals surface area contributed by atoms with E-state index in [4.69, 9.17) is 4.52 Å². The third kappa shape index (κ3) is 1.90. The van der Waals surface area contributed by atoms with Gasteiger partial charge in [0, 0.05) is 23.3 Å². The predicted octanol–water partition coefficient (Wildman–Crippen LogP) is 2.74. The Morgan fingerprint density at radius 1 is 1.44 bits per heavy atom. The maximum absolute atomic E-state index is 12.4. The summed E-state index contributed by atoms with van der Waals surface area (Å²) in [6, 6.07) is 9.60. The zero-order valence-electron chi connectivity index (χ0n) is 9.92. The van der Waals surface area contributed by atoms with E-state index in [1.165, 1.54) is 0 Å². The highest BCUT2D eigenvalue weighted by Crippen LogP contribution is 2.34. The molecule has 0 atom stereocenters. The Labute approximate surface area is 109 Å². The van der Waals surface area contributed by atoms with Gasteiger partial charge < -0.3 is 9.42 Å². The molecule has 2 heterocycles. The number of para-hydroxylation sites is 1. The lowest BCUT2D eigenvalue weighted by molar-refractivity contribution is 0.0979. The Balaban J connectivity index is 1.96. The Morgan fingerprint density at radius 3 is 3.06 bits per heavy atom. The smallest absolute Gasteiger partial charge is 0.280 e. The molecule has 18 heavy (non-hydrogen) atoms. The average molecular weight is 260 g/mol. The lowest BCUT2D eigenvalue weighted by Gasteiger charge is -2.28. The fraction of sp³-hybridized carbons (Fsp3) is 0.231. The van der Waals surface area contributed by atoms with Crippen molar-refractivity contribution in [2.75, 3.05) is 17.2 Å². The zero-order valence-corrected chi connectivity index (χ0v) is 10.7. The fourth-order valence-corrected chi connectivity index (χ4v) is 2.98. The summed E-state index contributed by atoms with van der Waals surface area (Å²) in [5.41, 5.74) is 1.33. The number of hydrogen-bond acceptors (Lipinski definition) is 4. The molecule has 0 unspecified atom stereocenters. The van der Waals surface area contributed by atoms with Crippen molar-refractivity contribution in [1.82, 2.24) is 5.16 Å². The van der Waals surface area contributed by atoms with Crippen molar-refractivity contribution in [2.45, 2.75) is 11.8 Å². The van der Waals surface area contributed by atoms with Gasteiger partial charge in [0.25, 0.3) is 5.91 Å². The fourth-order valence-electron chi connectivity index (χ4n) is 1.99. The SMILES string of the molecule is Cc1cc(C(=O)N2CCSc3ccccc32)no1. The van der Waals surface area contributed by atoms with Crippen molar-refractivity contribution in [3.63, 3.8) is 0 Å². The van der Waals surface area contributed by atoms with E-state index in [2.05, 4.69) is 5.16 Å². The minimum Gasteiger partial charge on any atom is -0.361 e. The molecule has 1 aromatic carbocycles. The molecule has 1 aliphatic heterocycles. The van der Waals surface area contributed by atoms with E-state index in [-0.39, 0.29) is 5.91 Å². The van der Waals surface area contributed by atoms with E-state index in [9.17, 15) is 4.79 Å². The number of carbonyl (C=O) groups is 1. The number of aryl methyl sites for hydroxylation is 1. The van der Waals surface area contributed by atoms with Crippen LogP contribution in [0.1, 0.15) is 16.2 Å². The molecule has 1 aliphatic rings. The number of benzene rings is 1. The highest BCUT2D eigenvalue weighted by molar-refractivity contribution is 7.99. The van der Waals surface area contributed by atoms with Crippen molar-refractivity contribution in [3.8, 4) is 0 Å². The number of carbonyl (C=O) groups excluding carboxylic acids is 1. The van der Waals surface area contributed by atoms with Crippen LogP contribution in [0.2, 0.25) is 0 Å². The van der Waals surface area contributed by atoms with E-state index in [0.29, 0.717) is 18.0 Å². The van der Waals surface area contributed by atoms with Crippen LogP contribution in [0.5, 0.6) is 0 Å². The molecule has 92 valence electrons. The van der Waals surface area contributed by atoms with E-state index in [1.807, 2.05) is 24.3 Å². The third-order valence-electron chi connectivity index (χ3n) is 2.82. The molecule has 0 bridgehead atoms. The van der Waals surface area contributed by atoms with Crippen molar-refractivity contribution in [2.24, 2.45) is 0 Å². The Bertz CT molecular complexity index is 594. The van der Waals surface area contributed by atoms with E-state index in [0.717, 1.165) is 16.3 Å². The Kier molecular flexibility index (Phi) is 2.83. The Morgan fingerprint density at radius 2 is 2.28 bits per heavy atom. The molecule has 3 rings (SSSR count). The molecule has 1 amide bonds. The van der Waals surface area contributed by atoms with E-state index >= 15 is 0 Å². The van der Waals surface area contributed by atoms with Crippen molar-refractivity contribution < 1.29 is 9.32 Å². The van der Waals surface area contributed by atoms with Gasteiger partial charge in [-0.2, -0.15) is 0 Å². The summed E-state index contributed by atoms with van der Waals surface area (Å²) < 4.78 is 4.96. The van der Waals surface area contributed by atoms with Gasteiger partial charge in [-0.3, -0.25) is 4.79 Å². The standard InChI is InChI=1S/C13H12N2O2S/c1-9-8-10(14-17-9)13(16)15-6-7-18-12-5-3-2-4-11(12)15/h2-5,8H,6-7H2,1H3. The molecular formula is C13H12N2O2S. The number of anilines is 1. The molecule has 0 N–H and O–H groups in total. The van der Waals surface area contributed by atoms with Gasteiger partial charge in [-0.1, -0.05) is 17.3 Å². The summed E-state index contributed by atoms with van der Waals surface area (Å²) in [7, 11) is 0. The number of fused-ring (bicyclic) bond motifs is 1. The molecule has 0 radical (unpaired) electrons. The maximum Gasteiger partial charge on any atom is 0.280 e. The molecule has 1 aromatic heterocycles. The molecule has 0 aliphatic carbocycles. The van der Waals surface area contributed by atoms with Crippen LogP contribution in [0.4, 0.5) is 5.69 Å². The number of thioether (sulfide) groups is 1. The van der Waals surface area contributed by atoms with E-state index in [1.54, 1.807) is 29.7 Å². The Hall–Kier alpha value is -1.75. The lowest BCUT2D eigenvalue weighted by atomic mass is 10.2. The van der Waals surface area contributed by atoms with Crippen LogP contribution in [0.25, 0.3) is 0 Å². The number of nitrogens with zero attached hydrogens (tertiary/aromatic N) is 2. The topological polar surface area (TPSA) is 46.3 Å². The monoisotopic (exact) mass is 260 g/mol. The molecular weight excluding hydrogens is 248 g/mol. The average Bonchev–Trinajstić information content (AvgIpc) is 2.84. The van der Waals surface area contributed by atoms with Crippen LogP contribution in [-0.2, 0) is 0 Å². The zero-order chi connectivity index (χ0) is 12.5. The second-order valence-electron chi connectivity index (χ2n) is 4.10. The van der Waals surface area contributed by atoms with Gasteiger partial charge in [-0.15, -0.1) is 11.8 Å². The normalized spacial score (nSPS) is 14.4. The van der Waals surface area contributed by atoms with Gasteiger partial charge in [-0.05, 0) is 19.1 Å². The number of amides is 1. The third-order valence-corrected chi connectivity index (χ3v) is 3.86. The summed E-state index contributed by atoms with van der Waals surface area (Å²) in [6.07, 6.45) is 0. The number of hydrogen-bond donors (Lipinski definition) is 0. The van der Waals surface area contributed by atoms with Crippen LogP contribution in [0, 0.1) is 6.92 Å². The molecule has 4 nitrogen and oxygen atoms in total. The van der Waals surface area contributed by atoms with Crippen molar-refractivity contribution >= 4 is 23.4 Å². The first kappa shape index (κ1) is 11.3. The summed E-state index contributed by atoms with van der Waals surface area (Å²) in [4.78, 5) is 15.3. The molecule has 0 saturated carbocycles. The van der Waals surface area contributed by atoms with Gasteiger partial charge in [0.15, 0.2) is 5.69 Å². The van der Waals surface area contributed by atoms with Gasteiger partial charge in [0.2, 0.25) is 0 Å². The summed E-state index contributed by atoms with van der Waals surface area (Å²) in [5.74, 6) is 1.46. The first-order chi connectivity index (χ1) is 8.75. The van der Waals surface area contributed by atoms with Gasteiger partial charge in [0.1, 0.15) is 5.76 Å². The minimum atomic E-state index is -0.0976. The molecule has 0 spiro atoms. The summed E-state index contributed by atoms with van der Waals surface area (Å²) >= 11 is 1.77. The highest BCUT2D eigenvalue weighted by atomic mass is 32.2. The first-order valence-electron chi connectivity index (χ1n) is 5.73. The second-order valence-corrected chi connectivity index (χ2v) is 5.23. The number of rotatable bonds is 1. The molecule has 5 heteroatoms. The van der Waals surface area contributed by atoms with Crippen LogP contribution in [0.3, 0.4) is 0 Å².